The second-order valence-electron chi connectivity index (χ2n) is 8.33. The topological polar surface area (TPSA) is 75.6 Å². The molecule has 2 aromatic rings. The minimum Gasteiger partial charge on any atom is -0.497 e. The monoisotopic (exact) mass is 426 g/mol. The number of methoxy groups -OCH3 is 1. The summed E-state index contributed by atoms with van der Waals surface area (Å²) < 4.78 is 34.7. The van der Waals surface area contributed by atoms with Gasteiger partial charge in [-0.15, -0.1) is 0 Å². The summed E-state index contributed by atoms with van der Waals surface area (Å²) in [6.45, 7) is 4.29. The molecular formula is C24H26O7. The molecule has 7 nitrogen and oxygen atoms in total. The van der Waals surface area contributed by atoms with E-state index in [-0.39, 0.29) is 12.9 Å². The lowest BCUT2D eigenvalue weighted by Crippen LogP contribution is -2.48. The van der Waals surface area contributed by atoms with Crippen molar-refractivity contribution in [2.75, 3.05) is 13.9 Å². The lowest BCUT2D eigenvalue weighted by Gasteiger charge is -2.35. The van der Waals surface area contributed by atoms with E-state index >= 15 is 0 Å². The third kappa shape index (κ3) is 3.90. The Kier molecular flexibility index (Phi) is 5.14. The molecule has 3 aliphatic rings. The summed E-state index contributed by atoms with van der Waals surface area (Å²) in [6, 6.07) is 13.4. The van der Waals surface area contributed by atoms with Crippen LogP contribution in [0.15, 0.2) is 48.5 Å². The van der Waals surface area contributed by atoms with Crippen LogP contribution in [0.1, 0.15) is 25.0 Å². The van der Waals surface area contributed by atoms with Crippen LogP contribution in [-0.2, 0) is 20.8 Å². The number of aliphatic hydroxyl groups excluding tert-OH is 1. The van der Waals surface area contributed by atoms with Crippen LogP contribution >= 0.6 is 0 Å². The normalized spacial score (nSPS) is 28.2. The van der Waals surface area contributed by atoms with Gasteiger partial charge >= 0.3 is 0 Å². The molecular weight excluding hydrogens is 400 g/mol. The van der Waals surface area contributed by atoms with Crippen LogP contribution in [0.3, 0.4) is 0 Å². The summed E-state index contributed by atoms with van der Waals surface area (Å²) in [7, 11) is 1.63. The number of aliphatic hydroxyl groups is 1. The van der Waals surface area contributed by atoms with Crippen molar-refractivity contribution in [1.82, 2.24) is 0 Å². The smallest absolute Gasteiger partial charge is 0.231 e. The number of rotatable bonds is 5. The maximum atomic E-state index is 11.0. The van der Waals surface area contributed by atoms with Crippen molar-refractivity contribution in [3.05, 3.63) is 59.7 Å². The highest BCUT2D eigenvalue weighted by atomic mass is 16.8. The highest BCUT2D eigenvalue weighted by molar-refractivity contribution is 5.73. The Bertz CT molecular complexity index is 982. The fourth-order valence-corrected chi connectivity index (χ4v) is 4.28. The Balaban J connectivity index is 1.40. The zero-order chi connectivity index (χ0) is 21.6. The van der Waals surface area contributed by atoms with E-state index in [4.69, 9.17) is 28.4 Å². The molecule has 1 fully saturated rings. The van der Waals surface area contributed by atoms with Crippen LogP contribution in [0.2, 0.25) is 0 Å². The van der Waals surface area contributed by atoms with E-state index in [2.05, 4.69) is 0 Å². The van der Waals surface area contributed by atoms with E-state index in [1.807, 2.05) is 56.3 Å². The number of fused-ring (bicyclic) bond motifs is 2. The van der Waals surface area contributed by atoms with Crippen molar-refractivity contribution >= 4 is 5.57 Å². The Hall–Kier alpha value is -2.58. The Morgan fingerprint density at radius 3 is 2.58 bits per heavy atom. The van der Waals surface area contributed by atoms with Crippen LogP contribution in [0.25, 0.3) is 5.57 Å². The molecule has 31 heavy (non-hydrogen) atoms. The number of hydrogen-bond donors (Lipinski definition) is 1. The molecule has 2 aromatic carbocycles. The van der Waals surface area contributed by atoms with E-state index in [0.717, 1.165) is 22.4 Å². The fraction of sp³-hybridized carbons (Fsp3) is 0.417. The first-order valence-corrected chi connectivity index (χ1v) is 10.3. The minimum atomic E-state index is -0.850. The molecule has 7 heteroatoms. The van der Waals surface area contributed by atoms with Gasteiger partial charge in [-0.05, 0) is 60.9 Å². The first-order chi connectivity index (χ1) is 14.9. The van der Waals surface area contributed by atoms with Gasteiger partial charge in [0.2, 0.25) is 6.79 Å². The van der Waals surface area contributed by atoms with E-state index < -0.39 is 24.1 Å². The predicted molar refractivity (Wildman–Crippen MR) is 112 cm³/mol. The third-order valence-corrected chi connectivity index (χ3v) is 5.75. The molecule has 0 unspecified atom stereocenters. The Morgan fingerprint density at radius 1 is 1.03 bits per heavy atom. The van der Waals surface area contributed by atoms with Crippen molar-refractivity contribution < 1.29 is 33.5 Å². The lowest BCUT2D eigenvalue weighted by atomic mass is 9.85. The van der Waals surface area contributed by atoms with E-state index in [1.165, 1.54) is 0 Å². The van der Waals surface area contributed by atoms with Crippen LogP contribution in [0.4, 0.5) is 0 Å². The molecule has 1 N–H and O–H groups in total. The van der Waals surface area contributed by atoms with Crippen molar-refractivity contribution in [2.24, 2.45) is 0 Å². The zero-order valence-corrected chi connectivity index (χ0v) is 17.7. The van der Waals surface area contributed by atoms with E-state index in [0.29, 0.717) is 18.1 Å². The maximum Gasteiger partial charge on any atom is 0.231 e. The summed E-state index contributed by atoms with van der Waals surface area (Å²) in [6.07, 6.45) is -0.445. The standard InChI is InChI=1S/C24H26O7/c1-24(2)30-21-17(15-6-9-19-20(10-15)29-13-28-19)11-18(25)22(23(21)31-24)27-12-14-4-7-16(26-3)8-5-14/h4-11,18,21-23,25H,12-13H2,1-3H3/t18-,21-,22-,23-/m1/s1. The van der Waals surface area contributed by atoms with Gasteiger partial charge in [-0.3, -0.25) is 0 Å². The Labute approximate surface area is 181 Å². The van der Waals surface area contributed by atoms with Gasteiger partial charge in [-0.1, -0.05) is 18.2 Å². The predicted octanol–water partition coefficient (Wildman–Crippen LogP) is 3.29. The van der Waals surface area contributed by atoms with Crippen LogP contribution in [0.5, 0.6) is 17.2 Å². The molecule has 0 radical (unpaired) electrons. The number of benzene rings is 2. The number of hydrogen-bond acceptors (Lipinski definition) is 7. The molecule has 4 atom stereocenters. The summed E-state index contributed by atoms with van der Waals surface area (Å²) in [5, 5.41) is 11.0. The largest absolute Gasteiger partial charge is 0.497 e. The van der Waals surface area contributed by atoms with Crippen LogP contribution in [-0.4, -0.2) is 49.2 Å². The zero-order valence-electron chi connectivity index (χ0n) is 17.7. The van der Waals surface area contributed by atoms with Gasteiger partial charge in [0, 0.05) is 0 Å². The minimum absolute atomic E-state index is 0.209. The van der Waals surface area contributed by atoms with Gasteiger partial charge < -0.3 is 33.5 Å². The average Bonchev–Trinajstić information content (AvgIpc) is 3.35. The van der Waals surface area contributed by atoms with Gasteiger partial charge in [0.25, 0.3) is 0 Å². The highest BCUT2D eigenvalue weighted by Crippen LogP contribution is 2.44. The molecule has 0 amide bonds. The molecule has 0 aromatic heterocycles. The Morgan fingerprint density at radius 2 is 1.81 bits per heavy atom. The number of ether oxygens (including phenoxy) is 6. The van der Waals surface area contributed by atoms with Crippen molar-refractivity contribution in [1.29, 1.82) is 0 Å². The molecule has 164 valence electrons. The molecule has 1 saturated heterocycles. The highest BCUT2D eigenvalue weighted by Gasteiger charge is 2.51. The van der Waals surface area contributed by atoms with E-state index in [9.17, 15) is 5.11 Å². The third-order valence-electron chi connectivity index (χ3n) is 5.75. The summed E-state index contributed by atoms with van der Waals surface area (Å²) >= 11 is 0. The summed E-state index contributed by atoms with van der Waals surface area (Å²) in [5.74, 6) is 1.38. The SMILES string of the molecule is COc1ccc(CO[C@H]2[C@@H]3OC(C)(C)O[C@@H]3C(c3ccc4c(c3)OCO4)=C[C@H]2O)cc1. The molecule has 0 bridgehead atoms. The van der Waals surface area contributed by atoms with Gasteiger partial charge in [0.1, 0.15) is 30.2 Å². The molecule has 1 aliphatic carbocycles. The van der Waals surface area contributed by atoms with Gasteiger partial charge in [-0.2, -0.15) is 0 Å². The fourth-order valence-electron chi connectivity index (χ4n) is 4.28. The second kappa shape index (κ2) is 7.84. The van der Waals surface area contributed by atoms with Crippen molar-refractivity contribution in [3.63, 3.8) is 0 Å². The van der Waals surface area contributed by atoms with E-state index in [1.54, 1.807) is 13.2 Å². The van der Waals surface area contributed by atoms with Crippen molar-refractivity contribution in [2.45, 2.75) is 50.7 Å². The van der Waals surface area contributed by atoms with Crippen LogP contribution < -0.4 is 14.2 Å². The van der Waals surface area contributed by atoms with Gasteiger partial charge in [-0.25, -0.2) is 0 Å². The molecule has 5 rings (SSSR count). The molecule has 0 saturated carbocycles. The van der Waals surface area contributed by atoms with Crippen LogP contribution in [0, 0.1) is 0 Å². The first-order valence-electron chi connectivity index (χ1n) is 10.3. The summed E-state index contributed by atoms with van der Waals surface area (Å²) in [4.78, 5) is 0. The summed E-state index contributed by atoms with van der Waals surface area (Å²) in [5.41, 5.74) is 2.73. The average molecular weight is 426 g/mol. The quantitative estimate of drug-likeness (QED) is 0.786. The first kappa shape index (κ1) is 20.3. The van der Waals surface area contributed by atoms with Gasteiger partial charge in [0.05, 0.1) is 13.7 Å². The second-order valence-corrected chi connectivity index (χ2v) is 8.33. The lowest BCUT2D eigenvalue weighted by molar-refractivity contribution is -0.167. The maximum absolute atomic E-state index is 11.0. The molecule has 2 heterocycles. The van der Waals surface area contributed by atoms with Crippen molar-refractivity contribution in [3.8, 4) is 17.2 Å². The van der Waals surface area contributed by atoms with Gasteiger partial charge in [0.15, 0.2) is 17.3 Å². The molecule has 0 spiro atoms. The molecule has 2 aliphatic heterocycles.